The lowest BCUT2D eigenvalue weighted by molar-refractivity contribution is -0.123. The number of amides is 2. The number of carbonyl (C=O) groups excluding carboxylic acids is 2. The molecule has 3 N–H and O–H groups in total. The van der Waals surface area contributed by atoms with E-state index in [-0.39, 0.29) is 5.71 Å². The molecular weight excluding hydrogens is 437 g/mol. The van der Waals surface area contributed by atoms with Crippen LogP contribution in [0, 0.1) is 12.8 Å². The van der Waals surface area contributed by atoms with Crippen molar-refractivity contribution >= 4 is 46.4 Å². The molecule has 2 heterocycles. The predicted octanol–water partition coefficient (Wildman–Crippen LogP) is 3.45. The Labute approximate surface area is 190 Å². The quantitative estimate of drug-likeness (QED) is 0.715. The van der Waals surface area contributed by atoms with Gasteiger partial charge in [0.1, 0.15) is 11.6 Å². The smallest absolute Gasteiger partial charge is 0.282 e. The maximum atomic E-state index is 13.1. The van der Waals surface area contributed by atoms with Crippen molar-refractivity contribution in [2.45, 2.75) is 25.8 Å². The van der Waals surface area contributed by atoms with E-state index in [0.717, 1.165) is 37.1 Å². The number of aryl methyl sites for hydroxylation is 1. The molecule has 2 aromatic rings. The van der Waals surface area contributed by atoms with Crippen molar-refractivity contribution in [2.24, 2.45) is 16.8 Å². The first-order valence-corrected chi connectivity index (χ1v) is 10.9. The summed E-state index contributed by atoms with van der Waals surface area (Å²) in [5, 5.41) is 8.82. The fourth-order valence-corrected chi connectivity index (χ4v) is 4.50. The molecule has 0 aromatic heterocycles. The molecule has 162 valence electrons. The molecule has 7 nitrogen and oxygen atoms in total. The third-order valence-corrected chi connectivity index (χ3v) is 6.11. The van der Waals surface area contributed by atoms with Gasteiger partial charge in [-0.1, -0.05) is 53.0 Å². The van der Waals surface area contributed by atoms with Crippen LogP contribution in [0.1, 0.15) is 30.0 Å². The molecule has 2 atom stereocenters. The zero-order valence-electron chi connectivity index (χ0n) is 17.0. The Bertz CT molecular complexity index is 1030. The Morgan fingerprint density at radius 2 is 1.77 bits per heavy atom. The summed E-state index contributed by atoms with van der Waals surface area (Å²) in [5.41, 5.74) is 11.1. The molecule has 0 saturated carbocycles. The molecule has 4 rings (SSSR count). The zero-order valence-corrected chi connectivity index (χ0v) is 18.5. The van der Waals surface area contributed by atoms with Crippen LogP contribution in [-0.4, -0.2) is 35.6 Å². The number of rotatable bonds is 5. The molecule has 1 saturated heterocycles. The van der Waals surface area contributed by atoms with Crippen molar-refractivity contribution in [2.75, 3.05) is 18.1 Å². The predicted molar refractivity (Wildman–Crippen MR) is 122 cm³/mol. The molecule has 0 bridgehead atoms. The number of nitrogens with one attached hydrogen (secondary N) is 1. The second-order valence-corrected chi connectivity index (χ2v) is 8.64. The zero-order chi connectivity index (χ0) is 22.1. The van der Waals surface area contributed by atoms with E-state index in [0.29, 0.717) is 15.7 Å². The van der Waals surface area contributed by atoms with Crippen LogP contribution in [0.5, 0.6) is 0 Å². The summed E-state index contributed by atoms with van der Waals surface area (Å²) in [5.74, 6) is -2.01. The summed E-state index contributed by atoms with van der Waals surface area (Å²) in [4.78, 5) is 25.7. The van der Waals surface area contributed by atoms with Gasteiger partial charge >= 0.3 is 0 Å². The standard InChI is InChI=1S/C22H23Cl2N5O2/c1-13-4-6-14(7-5-13)20-18(21(25)30)19(22(31)27-28-10-2-3-11-28)26-29(20)17-9-8-15(23)12-16(17)24/h4-9,12,18,20H,2-3,10-11H2,1H3,(H2,25,30)(H,27,31). The van der Waals surface area contributed by atoms with E-state index < -0.39 is 23.8 Å². The highest BCUT2D eigenvalue weighted by atomic mass is 35.5. The molecule has 0 spiro atoms. The largest absolute Gasteiger partial charge is 0.369 e. The summed E-state index contributed by atoms with van der Waals surface area (Å²) in [6.45, 7) is 3.49. The number of hydrazine groups is 1. The fraction of sp³-hybridized carbons (Fsp3) is 0.318. The monoisotopic (exact) mass is 459 g/mol. The van der Waals surface area contributed by atoms with Crippen molar-refractivity contribution in [3.8, 4) is 0 Å². The van der Waals surface area contributed by atoms with Crippen molar-refractivity contribution in [1.82, 2.24) is 10.4 Å². The van der Waals surface area contributed by atoms with Crippen LogP contribution in [0.4, 0.5) is 5.69 Å². The summed E-state index contributed by atoms with van der Waals surface area (Å²) in [7, 11) is 0. The van der Waals surface area contributed by atoms with Gasteiger partial charge in [0.05, 0.1) is 16.8 Å². The number of hydrogen-bond donors (Lipinski definition) is 2. The Morgan fingerprint density at radius 3 is 2.39 bits per heavy atom. The Morgan fingerprint density at radius 1 is 1.10 bits per heavy atom. The number of anilines is 1. The molecule has 2 unspecified atom stereocenters. The van der Waals surface area contributed by atoms with Crippen LogP contribution in [0.15, 0.2) is 47.6 Å². The fourth-order valence-electron chi connectivity index (χ4n) is 4.01. The van der Waals surface area contributed by atoms with Gasteiger partial charge in [0.2, 0.25) is 5.91 Å². The first-order chi connectivity index (χ1) is 14.8. The molecule has 2 amide bonds. The van der Waals surface area contributed by atoms with Crippen LogP contribution in [-0.2, 0) is 9.59 Å². The summed E-state index contributed by atoms with van der Waals surface area (Å²) >= 11 is 12.5. The van der Waals surface area contributed by atoms with E-state index in [1.165, 1.54) is 0 Å². The van der Waals surface area contributed by atoms with Gasteiger partial charge < -0.3 is 5.73 Å². The molecule has 0 radical (unpaired) electrons. The molecule has 2 aliphatic heterocycles. The molecular formula is C22H23Cl2N5O2. The maximum Gasteiger partial charge on any atom is 0.282 e. The minimum Gasteiger partial charge on any atom is -0.369 e. The van der Waals surface area contributed by atoms with E-state index in [4.69, 9.17) is 28.9 Å². The third-order valence-electron chi connectivity index (χ3n) is 5.57. The Hall–Kier alpha value is -2.61. The molecule has 2 aliphatic rings. The highest BCUT2D eigenvalue weighted by Gasteiger charge is 2.46. The number of nitrogens with two attached hydrogens (primary N) is 1. The van der Waals surface area contributed by atoms with Crippen LogP contribution in [0.25, 0.3) is 0 Å². The van der Waals surface area contributed by atoms with Gasteiger partial charge in [0.15, 0.2) is 0 Å². The average Bonchev–Trinajstić information content (AvgIpc) is 3.36. The molecule has 2 aromatic carbocycles. The number of primary amides is 1. The molecule has 31 heavy (non-hydrogen) atoms. The second-order valence-electron chi connectivity index (χ2n) is 7.80. The first kappa shape index (κ1) is 21.6. The second kappa shape index (κ2) is 8.86. The van der Waals surface area contributed by atoms with E-state index >= 15 is 0 Å². The lowest BCUT2D eigenvalue weighted by Crippen LogP contribution is -2.47. The summed E-state index contributed by atoms with van der Waals surface area (Å²) < 4.78 is 0. The van der Waals surface area contributed by atoms with E-state index in [9.17, 15) is 9.59 Å². The number of hydrazone groups is 1. The number of halogens is 2. The first-order valence-electron chi connectivity index (χ1n) is 10.1. The van der Waals surface area contributed by atoms with E-state index in [1.54, 1.807) is 23.2 Å². The minimum atomic E-state index is -0.947. The van der Waals surface area contributed by atoms with Crippen molar-refractivity contribution in [1.29, 1.82) is 0 Å². The summed E-state index contributed by atoms with van der Waals surface area (Å²) in [6, 6.07) is 12.1. The van der Waals surface area contributed by atoms with E-state index in [1.807, 2.05) is 36.2 Å². The highest BCUT2D eigenvalue weighted by molar-refractivity contribution is 6.44. The highest BCUT2D eigenvalue weighted by Crippen LogP contribution is 2.42. The van der Waals surface area contributed by atoms with E-state index in [2.05, 4.69) is 10.5 Å². The van der Waals surface area contributed by atoms with Crippen molar-refractivity contribution in [3.05, 3.63) is 63.6 Å². The number of benzene rings is 2. The van der Waals surface area contributed by atoms with Gasteiger partial charge in [-0.05, 0) is 43.5 Å². The average molecular weight is 460 g/mol. The maximum absolute atomic E-state index is 13.1. The van der Waals surface area contributed by atoms with Crippen LogP contribution < -0.4 is 16.2 Å². The Kier molecular flexibility index (Phi) is 6.18. The summed E-state index contributed by atoms with van der Waals surface area (Å²) in [6.07, 6.45) is 2.01. The lowest BCUT2D eigenvalue weighted by atomic mass is 9.88. The number of hydrogen-bond acceptors (Lipinski definition) is 5. The Balaban J connectivity index is 1.78. The molecule has 9 heteroatoms. The minimum absolute atomic E-state index is 0.0657. The van der Waals surface area contributed by atoms with Crippen molar-refractivity contribution in [3.63, 3.8) is 0 Å². The van der Waals surface area contributed by atoms with Gasteiger partial charge in [0.25, 0.3) is 5.91 Å². The van der Waals surface area contributed by atoms with Crippen LogP contribution in [0.2, 0.25) is 10.0 Å². The normalized spacial score (nSPS) is 21.3. The van der Waals surface area contributed by atoms with Gasteiger partial charge in [-0.3, -0.25) is 20.0 Å². The molecule has 1 fully saturated rings. The van der Waals surface area contributed by atoms with Gasteiger partial charge in [-0.2, -0.15) is 5.10 Å². The van der Waals surface area contributed by atoms with Gasteiger partial charge in [0, 0.05) is 18.1 Å². The van der Waals surface area contributed by atoms with Crippen LogP contribution >= 0.6 is 23.2 Å². The van der Waals surface area contributed by atoms with Crippen LogP contribution in [0.3, 0.4) is 0 Å². The number of nitrogens with zero attached hydrogens (tertiary/aromatic N) is 3. The number of carbonyl (C=O) groups is 2. The van der Waals surface area contributed by atoms with Gasteiger partial charge in [-0.25, -0.2) is 5.01 Å². The third kappa shape index (κ3) is 4.39. The topological polar surface area (TPSA) is 91.0 Å². The lowest BCUT2D eigenvalue weighted by Gasteiger charge is -2.28. The van der Waals surface area contributed by atoms with Gasteiger partial charge in [-0.15, -0.1) is 0 Å². The SMILES string of the molecule is Cc1ccc(C2C(C(N)=O)C(C(=O)NN3CCCC3)=NN2c2ccc(Cl)cc2Cl)cc1. The van der Waals surface area contributed by atoms with Crippen molar-refractivity contribution < 1.29 is 9.59 Å². The molecule has 0 aliphatic carbocycles.